The van der Waals surface area contributed by atoms with Crippen molar-refractivity contribution in [3.8, 4) is 22.7 Å². The number of halogens is 3. The minimum atomic E-state index is -0.959. The largest absolute Gasteiger partial charge is 0.411 e. The zero-order chi connectivity index (χ0) is 21.1. The van der Waals surface area contributed by atoms with Crippen LogP contribution in [0.25, 0.3) is 22.7 Å². The van der Waals surface area contributed by atoms with Crippen LogP contribution in [-0.2, 0) is 4.79 Å². The molecule has 4 rings (SSSR count). The number of nitrogens with one attached hydrogen (secondary N) is 1. The van der Waals surface area contributed by atoms with Gasteiger partial charge in [0.1, 0.15) is 0 Å². The number of aromatic nitrogens is 3. The van der Waals surface area contributed by atoms with Crippen molar-refractivity contribution in [2.45, 2.75) is 5.22 Å². The molecule has 0 aliphatic carbocycles. The van der Waals surface area contributed by atoms with Gasteiger partial charge in [0, 0.05) is 21.5 Å². The fourth-order valence-corrected chi connectivity index (χ4v) is 3.90. The van der Waals surface area contributed by atoms with E-state index in [2.05, 4.69) is 20.5 Å². The van der Waals surface area contributed by atoms with Gasteiger partial charge < -0.3 is 9.73 Å². The van der Waals surface area contributed by atoms with Gasteiger partial charge in [-0.2, -0.15) is 0 Å². The van der Waals surface area contributed by atoms with Crippen LogP contribution in [0.15, 0.2) is 57.5 Å². The molecule has 0 aliphatic rings. The molecule has 2 aromatic heterocycles. The lowest BCUT2D eigenvalue weighted by molar-refractivity contribution is -0.113. The van der Waals surface area contributed by atoms with Crippen LogP contribution in [0.1, 0.15) is 0 Å². The van der Waals surface area contributed by atoms with Crippen LogP contribution in [0.5, 0.6) is 0 Å². The molecular formula is C19H11ClF2N4O2S2. The lowest BCUT2D eigenvalue weighted by Crippen LogP contribution is -2.13. The van der Waals surface area contributed by atoms with Crippen LogP contribution in [0.2, 0.25) is 5.02 Å². The van der Waals surface area contributed by atoms with Crippen LogP contribution in [0, 0.1) is 11.6 Å². The number of hydrogen-bond donors (Lipinski definition) is 1. The SMILES string of the molecule is O=C(CSc1nnc(-c2cccc(Cl)c2)o1)Nc1nc(-c2ccc(F)c(F)c2)cs1. The molecule has 0 radical (unpaired) electrons. The van der Waals surface area contributed by atoms with Gasteiger partial charge in [0.25, 0.3) is 5.22 Å². The maximum atomic E-state index is 13.4. The Labute approximate surface area is 182 Å². The van der Waals surface area contributed by atoms with E-state index in [9.17, 15) is 13.6 Å². The highest BCUT2D eigenvalue weighted by molar-refractivity contribution is 7.99. The molecule has 1 N–H and O–H groups in total. The third-order valence-corrected chi connectivity index (χ3v) is 5.58. The van der Waals surface area contributed by atoms with Gasteiger partial charge >= 0.3 is 0 Å². The topological polar surface area (TPSA) is 80.9 Å². The second-order valence-corrected chi connectivity index (χ2v) is 8.11. The summed E-state index contributed by atoms with van der Waals surface area (Å²) in [5, 5.41) is 13.3. The third kappa shape index (κ3) is 4.84. The molecule has 1 amide bonds. The van der Waals surface area contributed by atoms with Gasteiger partial charge in [0.05, 0.1) is 11.4 Å². The molecule has 0 atom stereocenters. The van der Waals surface area contributed by atoms with Gasteiger partial charge in [-0.3, -0.25) is 4.79 Å². The first-order chi connectivity index (χ1) is 14.5. The monoisotopic (exact) mass is 464 g/mol. The Bertz CT molecular complexity index is 1210. The van der Waals surface area contributed by atoms with Crippen molar-refractivity contribution in [1.29, 1.82) is 0 Å². The first kappa shape index (κ1) is 20.5. The Morgan fingerprint density at radius 2 is 2.00 bits per heavy atom. The minimum Gasteiger partial charge on any atom is -0.411 e. The predicted molar refractivity (Wildman–Crippen MR) is 112 cm³/mol. The summed E-state index contributed by atoms with van der Waals surface area (Å²) in [4.78, 5) is 16.4. The molecular weight excluding hydrogens is 454 g/mol. The standard InChI is InChI=1S/C19H11ClF2N4O2S2/c20-12-3-1-2-11(6-12)17-25-26-19(28-17)30-9-16(27)24-18-23-15(8-29-18)10-4-5-13(21)14(22)7-10/h1-8H,9H2,(H,23,24,27). The van der Waals surface area contributed by atoms with Gasteiger partial charge in [-0.25, -0.2) is 13.8 Å². The number of rotatable bonds is 6. The summed E-state index contributed by atoms with van der Waals surface area (Å²) >= 11 is 8.20. The van der Waals surface area contributed by atoms with Crippen molar-refractivity contribution in [1.82, 2.24) is 15.2 Å². The summed E-state index contributed by atoms with van der Waals surface area (Å²) in [5.74, 6) is -1.89. The number of amides is 1. The van der Waals surface area contributed by atoms with Gasteiger partial charge in [-0.1, -0.05) is 29.4 Å². The molecule has 30 heavy (non-hydrogen) atoms. The van der Waals surface area contributed by atoms with Crippen LogP contribution >= 0.6 is 34.7 Å². The van der Waals surface area contributed by atoms with Crippen molar-refractivity contribution in [3.63, 3.8) is 0 Å². The van der Waals surface area contributed by atoms with Crippen molar-refractivity contribution >= 4 is 45.7 Å². The molecule has 0 saturated carbocycles. The summed E-state index contributed by atoms with van der Waals surface area (Å²) in [7, 11) is 0. The molecule has 0 bridgehead atoms. The van der Waals surface area contributed by atoms with Crippen molar-refractivity contribution in [3.05, 3.63) is 64.5 Å². The fourth-order valence-electron chi connectivity index (χ4n) is 2.41. The summed E-state index contributed by atoms with van der Waals surface area (Å²) < 4.78 is 32.0. The lowest BCUT2D eigenvalue weighted by atomic mass is 10.2. The second kappa shape index (κ2) is 8.90. The number of anilines is 1. The highest BCUT2D eigenvalue weighted by Gasteiger charge is 2.14. The highest BCUT2D eigenvalue weighted by atomic mass is 35.5. The smallest absolute Gasteiger partial charge is 0.277 e. The number of thioether (sulfide) groups is 1. The average molecular weight is 465 g/mol. The Morgan fingerprint density at radius 1 is 1.13 bits per heavy atom. The molecule has 6 nitrogen and oxygen atoms in total. The van der Waals surface area contributed by atoms with Gasteiger partial charge in [0.2, 0.25) is 11.8 Å². The molecule has 11 heteroatoms. The summed E-state index contributed by atoms with van der Waals surface area (Å²) in [5.41, 5.74) is 1.53. The van der Waals surface area contributed by atoms with E-state index in [1.807, 2.05) is 0 Å². The first-order valence-corrected chi connectivity index (χ1v) is 10.7. The Morgan fingerprint density at radius 3 is 2.80 bits per heavy atom. The minimum absolute atomic E-state index is 0.0251. The van der Waals surface area contributed by atoms with E-state index in [0.717, 1.165) is 23.9 Å². The zero-order valence-corrected chi connectivity index (χ0v) is 17.3. The van der Waals surface area contributed by atoms with E-state index < -0.39 is 11.6 Å². The quantitative estimate of drug-likeness (QED) is 0.378. The number of nitrogens with zero attached hydrogens (tertiary/aromatic N) is 3. The summed E-state index contributed by atoms with van der Waals surface area (Å²) in [6, 6.07) is 10.5. The third-order valence-electron chi connectivity index (χ3n) is 3.77. The molecule has 0 spiro atoms. The Kier molecular flexibility index (Phi) is 6.07. The van der Waals surface area contributed by atoms with E-state index in [1.165, 1.54) is 17.4 Å². The van der Waals surface area contributed by atoms with Crippen LogP contribution in [-0.4, -0.2) is 26.8 Å². The normalized spacial score (nSPS) is 10.9. The average Bonchev–Trinajstić information content (AvgIpc) is 3.38. The fraction of sp³-hybridized carbons (Fsp3) is 0.0526. The zero-order valence-electron chi connectivity index (χ0n) is 14.9. The molecule has 2 aromatic carbocycles. The Balaban J connectivity index is 1.34. The Hall–Kier alpha value is -2.82. The molecule has 2 heterocycles. The predicted octanol–water partition coefficient (Wildman–Crippen LogP) is 5.52. The second-order valence-electron chi connectivity index (χ2n) is 5.89. The van der Waals surface area contributed by atoms with Crippen molar-refractivity contribution in [2.75, 3.05) is 11.1 Å². The maximum absolute atomic E-state index is 13.4. The molecule has 4 aromatic rings. The van der Waals surface area contributed by atoms with Gasteiger partial charge in [-0.05, 0) is 36.4 Å². The van der Waals surface area contributed by atoms with E-state index >= 15 is 0 Å². The molecule has 152 valence electrons. The summed E-state index contributed by atoms with van der Waals surface area (Å²) in [6.07, 6.45) is 0. The van der Waals surface area contributed by atoms with Crippen molar-refractivity contribution in [2.24, 2.45) is 0 Å². The van der Waals surface area contributed by atoms with E-state index in [0.29, 0.717) is 32.9 Å². The molecule has 0 saturated heterocycles. The highest BCUT2D eigenvalue weighted by Crippen LogP contribution is 2.27. The number of thiazole rings is 1. The van der Waals surface area contributed by atoms with Gasteiger partial charge in [-0.15, -0.1) is 21.5 Å². The number of carbonyl (C=O) groups is 1. The molecule has 0 fully saturated rings. The number of hydrogen-bond acceptors (Lipinski definition) is 7. The van der Waals surface area contributed by atoms with Crippen LogP contribution in [0.4, 0.5) is 13.9 Å². The van der Waals surface area contributed by atoms with Crippen LogP contribution in [0.3, 0.4) is 0 Å². The first-order valence-electron chi connectivity index (χ1n) is 8.41. The molecule has 0 unspecified atom stereocenters. The number of benzene rings is 2. The van der Waals surface area contributed by atoms with E-state index in [1.54, 1.807) is 29.6 Å². The number of carbonyl (C=O) groups excluding carboxylic acids is 1. The van der Waals surface area contributed by atoms with E-state index in [-0.39, 0.29) is 16.9 Å². The van der Waals surface area contributed by atoms with Gasteiger partial charge in [0.15, 0.2) is 16.8 Å². The summed E-state index contributed by atoms with van der Waals surface area (Å²) in [6.45, 7) is 0. The molecule has 0 aliphatic heterocycles. The lowest BCUT2D eigenvalue weighted by Gasteiger charge is -2.00. The van der Waals surface area contributed by atoms with Crippen molar-refractivity contribution < 1.29 is 18.0 Å². The maximum Gasteiger partial charge on any atom is 0.277 e. The van der Waals surface area contributed by atoms with Crippen LogP contribution < -0.4 is 5.32 Å². The van der Waals surface area contributed by atoms with E-state index in [4.69, 9.17) is 16.0 Å².